The van der Waals surface area contributed by atoms with Gasteiger partial charge in [0, 0.05) is 16.3 Å². The van der Waals surface area contributed by atoms with Gasteiger partial charge in [-0.05, 0) is 48.6 Å². The average Bonchev–Trinajstić information content (AvgIpc) is 2.88. The minimum Gasteiger partial charge on any atom is -0.469 e. The van der Waals surface area contributed by atoms with Crippen LogP contribution in [0.3, 0.4) is 0 Å². The number of esters is 1. The predicted molar refractivity (Wildman–Crippen MR) is 88.5 cm³/mol. The first kappa shape index (κ1) is 16.3. The summed E-state index contributed by atoms with van der Waals surface area (Å²) in [6, 6.07) is 11.7. The standard InChI is InChI=1S/C16H16Cl2O2S/c1-20-16(19)8-5-12(10-14-6-7-15(18)21-14)11-3-2-4-13(17)9-11/h2-4,6-7,9,12H,5,8,10H2,1H3. The molecule has 1 heterocycles. The highest BCUT2D eigenvalue weighted by Gasteiger charge is 2.16. The Hall–Kier alpha value is -1.03. The van der Waals surface area contributed by atoms with Crippen LogP contribution < -0.4 is 0 Å². The van der Waals surface area contributed by atoms with Crippen LogP contribution in [-0.2, 0) is 16.0 Å². The van der Waals surface area contributed by atoms with E-state index in [1.165, 1.54) is 12.0 Å². The Bertz CT molecular complexity index is 610. The highest BCUT2D eigenvalue weighted by atomic mass is 35.5. The molecule has 0 aliphatic heterocycles. The van der Waals surface area contributed by atoms with Crippen molar-refractivity contribution in [2.24, 2.45) is 0 Å². The van der Waals surface area contributed by atoms with Crippen LogP contribution in [0.15, 0.2) is 36.4 Å². The van der Waals surface area contributed by atoms with Crippen LogP contribution in [-0.4, -0.2) is 13.1 Å². The molecule has 0 spiro atoms. The number of halogens is 2. The minimum absolute atomic E-state index is 0.189. The number of carbonyl (C=O) groups excluding carboxylic acids is 1. The van der Waals surface area contributed by atoms with Gasteiger partial charge < -0.3 is 4.74 Å². The Labute approximate surface area is 138 Å². The molecule has 0 bridgehead atoms. The molecule has 5 heteroatoms. The third-order valence-electron chi connectivity index (χ3n) is 3.32. The molecule has 0 fully saturated rings. The van der Waals surface area contributed by atoms with E-state index in [0.29, 0.717) is 11.4 Å². The van der Waals surface area contributed by atoms with E-state index in [0.717, 1.165) is 22.7 Å². The largest absolute Gasteiger partial charge is 0.469 e. The Balaban J connectivity index is 2.15. The van der Waals surface area contributed by atoms with Gasteiger partial charge in [-0.1, -0.05) is 35.3 Å². The zero-order valence-electron chi connectivity index (χ0n) is 11.6. The molecule has 112 valence electrons. The lowest BCUT2D eigenvalue weighted by atomic mass is 9.90. The summed E-state index contributed by atoms with van der Waals surface area (Å²) in [5, 5.41) is 0.708. The van der Waals surface area contributed by atoms with Crippen molar-refractivity contribution in [1.29, 1.82) is 0 Å². The van der Waals surface area contributed by atoms with Crippen molar-refractivity contribution >= 4 is 40.5 Å². The summed E-state index contributed by atoms with van der Waals surface area (Å²) in [6.45, 7) is 0. The van der Waals surface area contributed by atoms with Crippen LogP contribution in [0.4, 0.5) is 0 Å². The summed E-state index contributed by atoms with van der Waals surface area (Å²) in [5.41, 5.74) is 1.14. The van der Waals surface area contributed by atoms with Gasteiger partial charge in [0.15, 0.2) is 0 Å². The van der Waals surface area contributed by atoms with Crippen LogP contribution in [0.25, 0.3) is 0 Å². The van der Waals surface area contributed by atoms with Crippen LogP contribution >= 0.6 is 34.5 Å². The second-order valence-electron chi connectivity index (χ2n) is 4.78. The summed E-state index contributed by atoms with van der Waals surface area (Å²) in [6.07, 6.45) is 1.96. The molecule has 0 saturated heterocycles. The van der Waals surface area contributed by atoms with Gasteiger partial charge in [-0.25, -0.2) is 0 Å². The number of ether oxygens (including phenoxy) is 1. The van der Waals surface area contributed by atoms with E-state index in [9.17, 15) is 4.79 Å². The van der Waals surface area contributed by atoms with Crippen LogP contribution in [0.2, 0.25) is 9.36 Å². The van der Waals surface area contributed by atoms with E-state index in [4.69, 9.17) is 27.9 Å². The molecule has 0 radical (unpaired) electrons. The first-order chi connectivity index (χ1) is 10.1. The molecule has 0 N–H and O–H groups in total. The van der Waals surface area contributed by atoms with E-state index >= 15 is 0 Å². The van der Waals surface area contributed by atoms with Crippen molar-refractivity contribution in [3.8, 4) is 0 Å². The lowest BCUT2D eigenvalue weighted by molar-refractivity contribution is -0.140. The van der Waals surface area contributed by atoms with Gasteiger partial charge in [0.25, 0.3) is 0 Å². The zero-order valence-corrected chi connectivity index (χ0v) is 14.0. The van der Waals surface area contributed by atoms with Gasteiger partial charge in [0.1, 0.15) is 0 Å². The second-order valence-corrected chi connectivity index (χ2v) is 7.01. The first-order valence-corrected chi connectivity index (χ1v) is 8.22. The number of benzene rings is 1. The minimum atomic E-state index is -0.189. The summed E-state index contributed by atoms with van der Waals surface area (Å²) in [5.74, 6) is 0.0313. The van der Waals surface area contributed by atoms with Crippen molar-refractivity contribution in [3.05, 3.63) is 56.2 Å². The van der Waals surface area contributed by atoms with E-state index in [1.54, 1.807) is 11.3 Å². The Morgan fingerprint density at radius 1 is 1.29 bits per heavy atom. The molecule has 1 atom stereocenters. The molecule has 1 aromatic carbocycles. The summed E-state index contributed by atoms with van der Waals surface area (Å²) >= 11 is 13.6. The van der Waals surface area contributed by atoms with E-state index < -0.39 is 0 Å². The van der Waals surface area contributed by atoms with Gasteiger partial charge in [-0.15, -0.1) is 11.3 Å². The van der Waals surface area contributed by atoms with E-state index in [2.05, 4.69) is 0 Å². The predicted octanol–water partition coefficient (Wildman–Crippen LogP) is 5.33. The number of hydrogen-bond acceptors (Lipinski definition) is 3. The lowest BCUT2D eigenvalue weighted by Gasteiger charge is -2.16. The third-order valence-corrected chi connectivity index (χ3v) is 4.81. The Morgan fingerprint density at radius 2 is 2.10 bits per heavy atom. The van der Waals surface area contributed by atoms with Gasteiger partial charge >= 0.3 is 5.97 Å². The van der Waals surface area contributed by atoms with E-state index in [-0.39, 0.29) is 11.9 Å². The maximum Gasteiger partial charge on any atom is 0.305 e. The van der Waals surface area contributed by atoms with Crippen molar-refractivity contribution < 1.29 is 9.53 Å². The molecular weight excluding hydrogens is 327 g/mol. The molecule has 0 saturated carbocycles. The van der Waals surface area contributed by atoms with E-state index in [1.807, 2.05) is 36.4 Å². The highest BCUT2D eigenvalue weighted by Crippen LogP contribution is 2.31. The molecule has 2 rings (SSSR count). The van der Waals surface area contributed by atoms with Crippen molar-refractivity contribution in [3.63, 3.8) is 0 Å². The topological polar surface area (TPSA) is 26.3 Å². The smallest absolute Gasteiger partial charge is 0.305 e. The van der Waals surface area contributed by atoms with Crippen LogP contribution in [0.5, 0.6) is 0 Å². The molecule has 0 aliphatic carbocycles. The molecule has 1 aromatic heterocycles. The number of methoxy groups -OCH3 is 1. The maximum atomic E-state index is 11.4. The summed E-state index contributed by atoms with van der Waals surface area (Å²) < 4.78 is 5.51. The summed E-state index contributed by atoms with van der Waals surface area (Å²) in [7, 11) is 1.41. The molecule has 0 amide bonds. The third kappa shape index (κ3) is 5.03. The highest BCUT2D eigenvalue weighted by molar-refractivity contribution is 7.16. The first-order valence-electron chi connectivity index (χ1n) is 6.65. The van der Waals surface area contributed by atoms with Crippen molar-refractivity contribution in [1.82, 2.24) is 0 Å². The fraction of sp³-hybridized carbons (Fsp3) is 0.312. The number of hydrogen-bond donors (Lipinski definition) is 0. The number of thiophene rings is 1. The lowest BCUT2D eigenvalue weighted by Crippen LogP contribution is -2.07. The maximum absolute atomic E-state index is 11.4. The molecular formula is C16H16Cl2O2S. The monoisotopic (exact) mass is 342 g/mol. The van der Waals surface area contributed by atoms with Gasteiger partial charge in [0.05, 0.1) is 11.4 Å². The fourth-order valence-electron chi connectivity index (χ4n) is 2.25. The number of rotatable bonds is 6. The van der Waals surface area contributed by atoms with Crippen molar-refractivity contribution in [2.75, 3.05) is 7.11 Å². The SMILES string of the molecule is COC(=O)CCC(Cc1ccc(Cl)s1)c1cccc(Cl)c1. The van der Waals surface area contributed by atoms with Gasteiger partial charge in [-0.2, -0.15) is 0 Å². The van der Waals surface area contributed by atoms with Crippen molar-refractivity contribution in [2.45, 2.75) is 25.2 Å². The molecule has 2 aromatic rings. The second kappa shape index (κ2) is 7.83. The normalized spacial score (nSPS) is 12.1. The zero-order chi connectivity index (χ0) is 15.2. The van der Waals surface area contributed by atoms with Crippen LogP contribution in [0.1, 0.15) is 29.2 Å². The molecule has 2 nitrogen and oxygen atoms in total. The quantitative estimate of drug-likeness (QED) is 0.662. The number of carbonyl (C=O) groups is 1. The molecule has 0 aliphatic rings. The Kier molecular flexibility index (Phi) is 6.09. The fourth-order valence-corrected chi connectivity index (χ4v) is 3.61. The Morgan fingerprint density at radius 3 is 2.71 bits per heavy atom. The van der Waals surface area contributed by atoms with Gasteiger partial charge in [-0.3, -0.25) is 4.79 Å². The van der Waals surface area contributed by atoms with Gasteiger partial charge in [0.2, 0.25) is 0 Å². The summed E-state index contributed by atoms with van der Waals surface area (Å²) in [4.78, 5) is 12.6. The molecule has 1 unspecified atom stereocenters. The average molecular weight is 343 g/mol. The van der Waals surface area contributed by atoms with Crippen LogP contribution in [0, 0.1) is 0 Å². The molecule has 21 heavy (non-hydrogen) atoms.